The van der Waals surface area contributed by atoms with E-state index in [1.54, 1.807) is 37.4 Å². The summed E-state index contributed by atoms with van der Waals surface area (Å²) < 4.78 is 10.7. The molecule has 0 aliphatic heterocycles. The zero-order valence-electron chi connectivity index (χ0n) is 18.2. The Bertz CT molecular complexity index is 949. The zero-order chi connectivity index (χ0) is 23.0. The Morgan fingerprint density at radius 3 is 2.26 bits per heavy atom. The van der Waals surface area contributed by atoms with Crippen molar-refractivity contribution in [3.8, 4) is 11.5 Å². The predicted octanol–water partition coefficient (Wildman–Crippen LogP) is 1.77. The average Bonchev–Trinajstić information content (AvgIpc) is 2.77. The van der Waals surface area contributed by atoms with Crippen LogP contribution in [0.4, 0.5) is 5.69 Å². The Hall–Kier alpha value is -3.75. The van der Waals surface area contributed by atoms with Crippen molar-refractivity contribution in [1.29, 1.82) is 5.41 Å². The van der Waals surface area contributed by atoms with Gasteiger partial charge in [0.1, 0.15) is 17.3 Å². The summed E-state index contributed by atoms with van der Waals surface area (Å²) in [4.78, 5) is 24.2. The Balaban J connectivity index is 2.19. The van der Waals surface area contributed by atoms with Crippen molar-refractivity contribution in [3.05, 3.63) is 52.6 Å². The highest BCUT2D eigenvalue weighted by Gasteiger charge is 2.14. The molecule has 0 bridgehead atoms. The molecule has 31 heavy (non-hydrogen) atoms. The minimum Gasteiger partial charge on any atom is -0.496 e. The second-order valence-corrected chi connectivity index (χ2v) is 6.82. The summed E-state index contributed by atoms with van der Waals surface area (Å²) in [5, 5.41) is 16.3. The number of hydrogen-bond donors (Lipinski definition) is 5. The fourth-order valence-electron chi connectivity index (χ4n) is 2.99. The maximum Gasteiger partial charge on any atom is 0.251 e. The molecule has 2 aromatic carbocycles. The van der Waals surface area contributed by atoms with Gasteiger partial charge >= 0.3 is 0 Å². The van der Waals surface area contributed by atoms with Gasteiger partial charge in [-0.1, -0.05) is 12.1 Å². The Morgan fingerprint density at radius 1 is 1.06 bits per heavy atom. The first kappa shape index (κ1) is 23.5. The molecular weight excluding hydrogens is 398 g/mol. The number of nitrogen functional groups attached to an aromatic ring is 1. The van der Waals surface area contributed by atoms with Crippen molar-refractivity contribution in [2.24, 2.45) is 5.73 Å². The molecule has 0 aliphatic rings. The minimum atomic E-state index is -0.288. The van der Waals surface area contributed by atoms with E-state index in [2.05, 4.69) is 16.0 Å². The predicted molar refractivity (Wildman–Crippen MR) is 120 cm³/mol. The van der Waals surface area contributed by atoms with Gasteiger partial charge in [0.15, 0.2) is 0 Å². The molecule has 2 amide bonds. The molecule has 9 nitrogen and oxygen atoms in total. The average molecular weight is 428 g/mol. The van der Waals surface area contributed by atoms with Gasteiger partial charge in [0.25, 0.3) is 5.91 Å². The number of nitrogens with one attached hydrogen (secondary N) is 4. The number of methoxy groups -OCH3 is 2. The minimum absolute atomic E-state index is 0.0659. The lowest BCUT2D eigenvalue weighted by molar-refractivity contribution is -0.120. The molecule has 2 aromatic rings. The first-order valence-corrected chi connectivity index (χ1v) is 9.73. The molecule has 2 rings (SSSR count). The molecule has 0 radical (unpaired) electrons. The SMILES string of the molecule is CNC(=O)CCNc1cc(C(=N)N)ccc1CNC(=O)c1cc(OC)c(C)c(OC)c1. The second-order valence-electron chi connectivity index (χ2n) is 6.82. The van der Waals surface area contributed by atoms with Gasteiger partial charge in [-0.3, -0.25) is 15.0 Å². The van der Waals surface area contributed by atoms with E-state index in [4.69, 9.17) is 20.6 Å². The number of anilines is 1. The van der Waals surface area contributed by atoms with E-state index in [0.717, 1.165) is 11.1 Å². The fraction of sp³-hybridized carbons (Fsp3) is 0.318. The van der Waals surface area contributed by atoms with Crippen LogP contribution < -0.4 is 31.2 Å². The monoisotopic (exact) mass is 427 g/mol. The number of carbonyl (C=O) groups excluding carboxylic acids is 2. The van der Waals surface area contributed by atoms with Gasteiger partial charge in [0, 0.05) is 48.9 Å². The van der Waals surface area contributed by atoms with Gasteiger partial charge in [-0.05, 0) is 30.7 Å². The number of carbonyl (C=O) groups is 2. The van der Waals surface area contributed by atoms with Crippen molar-refractivity contribution in [1.82, 2.24) is 10.6 Å². The number of ether oxygens (including phenoxy) is 2. The van der Waals surface area contributed by atoms with Crippen molar-refractivity contribution in [2.75, 3.05) is 33.1 Å². The van der Waals surface area contributed by atoms with Gasteiger partial charge < -0.3 is 31.2 Å². The molecule has 0 spiro atoms. The smallest absolute Gasteiger partial charge is 0.251 e. The second kappa shape index (κ2) is 10.9. The standard InChI is InChI=1S/C22H29N5O4/c1-13-18(30-3)10-16(11-19(13)31-4)22(29)27-12-15-6-5-14(21(23)24)9-17(15)26-8-7-20(28)25-2/h5-6,9-11,26H,7-8,12H2,1-4H3,(H3,23,24)(H,25,28)(H,27,29). The molecule has 0 saturated heterocycles. The highest BCUT2D eigenvalue weighted by molar-refractivity contribution is 5.96. The summed E-state index contributed by atoms with van der Waals surface area (Å²) in [5.74, 6) is 0.679. The summed E-state index contributed by atoms with van der Waals surface area (Å²) in [6.45, 7) is 2.48. The van der Waals surface area contributed by atoms with Crippen LogP contribution in [-0.4, -0.2) is 45.5 Å². The van der Waals surface area contributed by atoms with Crippen LogP contribution in [0.25, 0.3) is 0 Å². The molecule has 0 fully saturated rings. The normalized spacial score (nSPS) is 10.2. The van der Waals surface area contributed by atoms with Gasteiger partial charge in [-0.25, -0.2) is 0 Å². The van der Waals surface area contributed by atoms with Crippen LogP contribution in [0.15, 0.2) is 30.3 Å². The topological polar surface area (TPSA) is 139 Å². The van der Waals surface area contributed by atoms with Crippen LogP contribution in [0.3, 0.4) is 0 Å². The molecular formula is C22H29N5O4. The first-order chi connectivity index (χ1) is 14.8. The third kappa shape index (κ3) is 6.11. The van der Waals surface area contributed by atoms with Gasteiger partial charge in [-0.15, -0.1) is 0 Å². The molecule has 0 aliphatic carbocycles. The molecule has 166 valence electrons. The lowest BCUT2D eigenvalue weighted by Crippen LogP contribution is -2.24. The highest BCUT2D eigenvalue weighted by Crippen LogP contribution is 2.29. The summed E-state index contributed by atoms with van der Waals surface area (Å²) in [6, 6.07) is 8.55. The summed E-state index contributed by atoms with van der Waals surface area (Å²) in [5.41, 5.74) is 8.84. The van der Waals surface area contributed by atoms with Crippen LogP contribution >= 0.6 is 0 Å². The van der Waals surface area contributed by atoms with Crippen molar-refractivity contribution >= 4 is 23.3 Å². The maximum absolute atomic E-state index is 12.7. The van der Waals surface area contributed by atoms with Crippen molar-refractivity contribution in [2.45, 2.75) is 19.9 Å². The van der Waals surface area contributed by atoms with Crippen LogP contribution in [-0.2, 0) is 11.3 Å². The third-order valence-corrected chi connectivity index (χ3v) is 4.82. The van der Waals surface area contributed by atoms with E-state index >= 15 is 0 Å². The van der Waals surface area contributed by atoms with Gasteiger partial charge in [0.05, 0.1) is 14.2 Å². The molecule has 0 unspecified atom stereocenters. The molecule has 9 heteroatoms. The van der Waals surface area contributed by atoms with E-state index in [0.29, 0.717) is 34.9 Å². The maximum atomic E-state index is 12.7. The molecule has 0 atom stereocenters. The summed E-state index contributed by atoms with van der Waals surface area (Å²) >= 11 is 0. The largest absolute Gasteiger partial charge is 0.496 e. The fourth-order valence-corrected chi connectivity index (χ4v) is 2.99. The number of hydrogen-bond acceptors (Lipinski definition) is 6. The number of nitrogens with two attached hydrogens (primary N) is 1. The number of rotatable bonds is 10. The lowest BCUT2D eigenvalue weighted by atomic mass is 10.1. The number of amides is 2. The van der Waals surface area contributed by atoms with Crippen molar-refractivity contribution in [3.63, 3.8) is 0 Å². The van der Waals surface area contributed by atoms with E-state index in [-0.39, 0.29) is 30.6 Å². The zero-order valence-corrected chi connectivity index (χ0v) is 18.2. The number of benzene rings is 2. The summed E-state index contributed by atoms with van der Waals surface area (Å²) in [7, 11) is 4.66. The quantitative estimate of drug-likeness (QED) is 0.289. The highest BCUT2D eigenvalue weighted by atomic mass is 16.5. The van der Waals surface area contributed by atoms with Gasteiger partial charge in [-0.2, -0.15) is 0 Å². The van der Waals surface area contributed by atoms with Crippen LogP contribution in [0.1, 0.15) is 33.5 Å². The lowest BCUT2D eigenvalue weighted by Gasteiger charge is -2.15. The molecule has 6 N–H and O–H groups in total. The summed E-state index contributed by atoms with van der Waals surface area (Å²) in [6.07, 6.45) is 0.287. The van der Waals surface area contributed by atoms with Crippen LogP contribution in [0, 0.1) is 12.3 Å². The van der Waals surface area contributed by atoms with E-state index in [1.165, 1.54) is 14.2 Å². The van der Waals surface area contributed by atoms with Crippen molar-refractivity contribution < 1.29 is 19.1 Å². The first-order valence-electron chi connectivity index (χ1n) is 9.73. The van der Waals surface area contributed by atoms with Crippen LogP contribution in [0.2, 0.25) is 0 Å². The Morgan fingerprint density at radius 2 is 1.71 bits per heavy atom. The molecule has 0 heterocycles. The van der Waals surface area contributed by atoms with Crippen LogP contribution in [0.5, 0.6) is 11.5 Å². The molecule has 0 aromatic heterocycles. The van der Waals surface area contributed by atoms with Gasteiger partial charge in [0.2, 0.25) is 5.91 Å². The third-order valence-electron chi connectivity index (χ3n) is 4.82. The Labute approximate surface area is 181 Å². The Kier molecular flexibility index (Phi) is 8.25. The number of amidine groups is 1. The molecule has 0 saturated carbocycles. The van der Waals surface area contributed by atoms with E-state index in [1.807, 2.05) is 6.92 Å². The van der Waals surface area contributed by atoms with E-state index in [9.17, 15) is 9.59 Å². The van der Waals surface area contributed by atoms with E-state index < -0.39 is 0 Å².